The summed E-state index contributed by atoms with van der Waals surface area (Å²) >= 11 is 0. The molecule has 0 aliphatic carbocycles. The molecule has 3 rings (SSSR count). The highest BCUT2D eigenvalue weighted by Crippen LogP contribution is 2.26. The number of aromatic amines is 1. The highest BCUT2D eigenvalue weighted by molar-refractivity contribution is 7.92. The van der Waals surface area contributed by atoms with Gasteiger partial charge in [0.15, 0.2) is 0 Å². The number of hydrogen-bond donors (Lipinski definition) is 4. The van der Waals surface area contributed by atoms with Crippen LogP contribution in [0.5, 0.6) is 5.75 Å². The van der Waals surface area contributed by atoms with Gasteiger partial charge in [0.1, 0.15) is 18.1 Å². The molecule has 10 heteroatoms. The number of carbonyl (C=O) groups is 1. The quantitative estimate of drug-likeness (QED) is 0.248. The summed E-state index contributed by atoms with van der Waals surface area (Å²) in [4.78, 5) is 15.2. The van der Waals surface area contributed by atoms with E-state index in [-0.39, 0.29) is 12.5 Å². The van der Waals surface area contributed by atoms with Crippen LogP contribution in [0.2, 0.25) is 0 Å². The fourth-order valence-corrected chi connectivity index (χ4v) is 3.99. The van der Waals surface area contributed by atoms with Crippen molar-refractivity contribution in [3.05, 3.63) is 59.3 Å². The second kappa shape index (κ2) is 10.7. The van der Waals surface area contributed by atoms with Crippen molar-refractivity contribution in [2.75, 3.05) is 37.3 Å². The van der Waals surface area contributed by atoms with Gasteiger partial charge in [-0.2, -0.15) is 0 Å². The first-order valence-electron chi connectivity index (χ1n) is 10.6. The number of ether oxygens (including phenoxy) is 2. The van der Waals surface area contributed by atoms with Crippen LogP contribution in [0.15, 0.2) is 42.5 Å². The van der Waals surface area contributed by atoms with Gasteiger partial charge in [0.05, 0.1) is 24.5 Å². The average molecular weight is 476 g/mol. The highest BCUT2D eigenvalue weighted by atomic mass is 32.2. The second-order valence-corrected chi connectivity index (χ2v) is 9.37. The standard InChI is InChI=1S/C23H29N3O6S/c1-4-31-23(28)22-15(2)19-9-8-18(13-20(19)25-22)32-11-10-24-14-21(27)16-6-5-7-17(12-16)26-33(3,29)30/h5-9,12-13,21,24-27H,4,10-11,14H2,1-3H3/t21-/m0/s1. The molecule has 33 heavy (non-hydrogen) atoms. The van der Waals surface area contributed by atoms with Gasteiger partial charge in [0.25, 0.3) is 0 Å². The lowest BCUT2D eigenvalue weighted by atomic mass is 10.1. The van der Waals surface area contributed by atoms with Gasteiger partial charge in [0.2, 0.25) is 10.0 Å². The Morgan fingerprint density at radius 1 is 1.21 bits per heavy atom. The van der Waals surface area contributed by atoms with Gasteiger partial charge in [-0.3, -0.25) is 4.72 Å². The molecule has 0 saturated carbocycles. The van der Waals surface area contributed by atoms with Crippen LogP contribution < -0.4 is 14.8 Å². The lowest BCUT2D eigenvalue weighted by molar-refractivity contribution is 0.0519. The summed E-state index contributed by atoms with van der Waals surface area (Å²) in [5.74, 6) is 0.273. The molecular formula is C23H29N3O6S. The Labute approximate surface area is 193 Å². The molecule has 1 atom stereocenters. The van der Waals surface area contributed by atoms with Crippen LogP contribution in [-0.4, -0.2) is 57.0 Å². The monoisotopic (exact) mass is 475 g/mol. The van der Waals surface area contributed by atoms with Gasteiger partial charge in [-0.1, -0.05) is 12.1 Å². The Morgan fingerprint density at radius 3 is 2.73 bits per heavy atom. The van der Waals surface area contributed by atoms with Crippen LogP contribution in [0.25, 0.3) is 10.9 Å². The Balaban J connectivity index is 1.50. The number of fused-ring (bicyclic) bond motifs is 1. The van der Waals surface area contributed by atoms with Crippen molar-refractivity contribution in [1.29, 1.82) is 0 Å². The zero-order valence-corrected chi connectivity index (χ0v) is 19.7. The molecule has 0 aliphatic rings. The first-order chi connectivity index (χ1) is 15.7. The van der Waals surface area contributed by atoms with E-state index in [1.54, 1.807) is 31.2 Å². The first kappa shape index (κ1) is 24.6. The maximum absolute atomic E-state index is 12.1. The molecule has 0 bridgehead atoms. The summed E-state index contributed by atoms with van der Waals surface area (Å²) in [7, 11) is -3.38. The molecule has 0 fully saturated rings. The number of rotatable bonds is 11. The molecule has 0 amide bonds. The third-order valence-electron chi connectivity index (χ3n) is 4.97. The lowest BCUT2D eigenvalue weighted by Gasteiger charge is -2.14. The molecule has 0 spiro atoms. The Morgan fingerprint density at radius 2 is 2.00 bits per heavy atom. The summed E-state index contributed by atoms with van der Waals surface area (Å²) in [6.07, 6.45) is 0.275. The molecule has 4 N–H and O–H groups in total. The van der Waals surface area contributed by atoms with Gasteiger partial charge in [-0.25, -0.2) is 13.2 Å². The molecular weight excluding hydrogens is 446 g/mol. The van der Waals surface area contributed by atoms with Crippen molar-refractivity contribution >= 4 is 32.6 Å². The van der Waals surface area contributed by atoms with Gasteiger partial charge in [-0.15, -0.1) is 0 Å². The van der Waals surface area contributed by atoms with Crippen LogP contribution >= 0.6 is 0 Å². The van der Waals surface area contributed by atoms with E-state index in [2.05, 4.69) is 15.0 Å². The van der Waals surface area contributed by atoms with Gasteiger partial charge >= 0.3 is 5.97 Å². The average Bonchev–Trinajstić information content (AvgIpc) is 3.08. The summed E-state index contributed by atoms with van der Waals surface area (Å²) in [6.45, 7) is 5.10. The smallest absolute Gasteiger partial charge is 0.355 e. The number of hydrogen-bond acceptors (Lipinski definition) is 7. The molecule has 2 aromatic carbocycles. The van der Waals surface area contributed by atoms with Crippen molar-refractivity contribution < 1.29 is 27.8 Å². The number of benzene rings is 2. The van der Waals surface area contributed by atoms with Gasteiger partial charge in [-0.05, 0) is 49.2 Å². The van der Waals surface area contributed by atoms with Crippen molar-refractivity contribution in [2.24, 2.45) is 0 Å². The number of aryl methyl sites for hydroxylation is 1. The van der Waals surface area contributed by atoms with Crippen LogP contribution in [0.1, 0.15) is 34.6 Å². The van der Waals surface area contributed by atoms with E-state index in [0.29, 0.717) is 42.5 Å². The van der Waals surface area contributed by atoms with E-state index in [1.807, 2.05) is 25.1 Å². The minimum absolute atomic E-state index is 0.281. The van der Waals surface area contributed by atoms with Crippen molar-refractivity contribution in [3.63, 3.8) is 0 Å². The maximum Gasteiger partial charge on any atom is 0.355 e. The van der Waals surface area contributed by atoms with E-state index >= 15 is 0 Å². The summed E-state index contributed by atoms with van der Waals surface area (Å²) in [6, 6.07) is 12.2. The van der Waals surface area contributed by atoms with E-state index in [1.165, 1.54) is 0 Å². The summed E-state index contributed by atoms with van der Waals surface area (Å²) in [5.41, 5.74) is 3.07. The molecule has 0 saturated heterocycles. The molecule has 178 valence electrons. The largest absolute Gasteiger partial charge is 0.492 e. The van der Waals surface area contributed by atoms with E-state index in [9.17, 15) is 18.3 Å². The van der Waals surface area contributed by atoms with Crippen molar-refractivity contribution in [3.8, 4) is 5.75 Å². The molecule has 9 nitrogen and oxygen atoms in total. The fraction of sp³-hybridized carbons (Fsp3) is 0.348. The molecule has 3 aromatic rings. The minimum atomic E-state index is -3.38. The number of aliphatic hydroxyl groups excluding tert-OH is 1. The third kappa shape index (κ3) is 6.70. The third-order valence-corrected chi connectivity index (χ3v) is 5.58. The summed E-state index contributed by atoms with van der Waals surface area (Å²) < 4.78 is 36.0. The number of sulfonamides is 1. The Hall–Kier alpha value is -3.08. The second-order valence-electron chi connectivity index (χ2n) is 7.62. The number of H-pyrrole nitrogens is 1. The minimum Gasteiger partial charge on any atom is -0.492 e. The zero-order chi connectivity index (χ0) is 24.0. The number of aromatic nitrogens is 1. The summed E-state index contributed by atoms with van der Waals surface area (Å²) in [5, 5.41) is 14.4. The molecule has 0 radical (unpaired) electrons. The first-order valence-corrected chi connectivity index (χ1v) is 12.5. The van der Waals surface area contributed by atoms with Crippen LogP contribution in [0, 0.1) is 6.92 Å². The molecule has 1 aromatic heterocycles. The van der Waals surface area contributed by atoms with Crippen LogP contribution in [-0.2, 0) is 14.8 Å². The fourth-order valence-electron chi connectivity index (χ4n) is 3.44. The number of nitrogens with one attached hydrogen (secondary N) is 3. The number of esters is 1. The van der Waals surface area contributed by atoms with Gasteiger partial charge in [0, 0.05) is 30.2 Å². The topological polar surface area (TPSA) is 130 Å². The Bertz CT molecular complexity index is 1220. The number of anilines is 1. The number of aliphatic hydroxyl groups is 1. The van der Waals surface area contributed by atoms with E-state index in [4.69, 9.17) is 9.47 Å². The van der Waals surface area contributed by atoms with Crippen molar-refractivity contribution in [2.45, 2.75) is 20.0 Å². The SMILES string of the molecule is CCOC(=O)c1[nH]c2cc(OCCNC[C@H](O)c3cccc(NS(C)(=O)=O)c3)ccc2c1C. The predicted octanol–water partition coefficient (Wildman–Crippen LogP) is 2.73. The van der Waals surface area contributed by atoms with Crippen LogP contribution in [0.4, 0.5) is 5.69 Å². The molecule has 1 heterocycles. The van der Waals surface area contributed by atoms with E-state index in [0.717, 1.165) is 22.7 Å². The predicted molar refractivity (Wildman–Crippen MR) is 127 cm³/mol. The molecule has 0 aliphatic heterocycles. The zero-order valence-electron chi connectivity index (χ0n) is 18.8. The van der Waals surface area contributed by atoms with Crippen LogP contribution in [0.3, 0.4) is 0 Å². The highest BCUT2D eigenvalue weighted by Gasteiger charge is 2.16. The molecule has 0 unspecified atom stereocenters. The normalized spacial score (nSPS) is 12.5. The maximum atomic E-state index is 12.1. The van der Waals surface area contributed by atoms with E-state index < -0.39 is 16.1 Å². The van der Waals surface area contributed by atoms with Crippen molar-refractivity contribution in [1.82, 2.24) is 10.3 Å². The Kier molecular flexibility index (Phi) is 7.96. The van der Waals surface area contributed by atoms with Gasteiger partial charge < -0.3 is 24.9 Å². The number of carbonyl (C=O) groups excluding carboxylic acids is 1. The lowest BCUT2D eigenvalue weighted by Crippen LogP contribution is -2.26.